The lowest BCUT2D eigenvalue weighted by atomic mass is 10.2. The molecule has 0 spiro atoms. The molecule has 4 rings (SSSR count). The first-order chi connectivity index (χ1) is 13.2. The van der Waals surface area contributed by atoms with Crippen LogP contribution in [0.5, 0.6) is 0 Å². The fourth-order valence-corrected chi connectivity index (χ4v) is 3.89. The molecule has 2 N–H and O–H groups in total. The van der Waals surface area contributed by atoms with E-state index in [9.17, 15) is 9.59 Å². The number of hydrogen-bond donors (Lipinski definition) is 2. The largest absolute Gasteiger partial charge is 0.329 e. The van der Waals surface area contributed by atoms with Gasteiger partial charge in [0.15, 0.2) is 0 Å². The number of para-hydroxylation sites is 1. The molecule has 7 heteroatoms. The zero-order valence-electron chi connectivity index (χ0n) is 14.5. The molecule has 0 saturated carbocycles. The standard InChI is InChI=1S/C20H16N4O2S/c1-13-17-11-18(19(26)22-15-9-7-14(8-10-15)21-12-25)27-20(17)24(23-13)16-5-3-2-4-6-16/h2-12H,1H3,(H,21,25)(H,22,26). The zero-order chi connectivity index (χ0) is 18.8. The zero-order valence-corrected chi connectivity index (χ0v) is 15.3. The van der Waals surface area contributed by atoms with Crippen LogP contribution in [0, 0.1) is 6.92 Å². The molecule has 0 aliphatic heterocycles. The summed E-state index contributed by atoms with van der Waals surface area (Å²) in [5.41, 5.74) is 3.18. The van der Waals surface area contributed by atoms with Crippen LogP contribution in [0.1, 0.15) is 15.4 Å². The van der Waals surface area contributed by atoms with E-state index in [0.717, 1.165) is 21.6 Å². The van der Waals surface area contributed by atoms with Gasteiger partial charge in [0.2, 0.25) is 6.41 Å². The van der Waals surface area contributed by atoms with Gasteiger partial charge in [-0.1, -0.05) is 18.2 Å². The highest BCUT2D eigenvalue weighted by atomic mass is 32.1. The second-order valence-electron chi connectivity index (χ2n) is 5.96. The van der Waals surface area contributed by atoms with Gasteiger partial charge in [-0.15, -0.1) is 11.3 Å². The van der Waals surface area contributed by atoms with Crippen LogP contribution >= 0.6 is 11.3 Å². The first-order valence-electron chi connectivity index (χ1n) is 8.32. The topological polar surface area (TPSA) is 76.0 Å². The molecule has 0 saturated heterocycles. The number of amides is 2. The molecule has 0 unspecified atom stereocenters. The van der Waals surface area contributed by atoms with Crippen molar-refractivity contribution in [1.82, 2.24) is 9.78 Å². The second-order valence-corrected chi connectivity index (χ2v) is 6.99. The number of fused-ring (bicyclic) bond motifs is 1. The Hall–Kier alpha value is -3.45. The molecule has 27 heavy (non-hydrogen) atoms. The highest BCUT2D eigenvalue weighted by Crippen LogP contribution is 2.30. The number of aromatic nitrogens is 2. The molecule has 4 aromatic rings. The lowest BCUT2D eigenvalue weighted by molar-refractivity contribution is -0.105. The number of anilines is 2. The Bertz CT molecular complexity index is 1110. The molecule has 0 bridgehead atoms. The first-order valence-corrected chi connectivity index (χ1v) is 9.13. The highest BCUT2D eigenvalue weighted by molar-refractivity contribution is 7.20. The van der Waals surface area contributed by atoms with Crippen LogP contribution in [0.2, 0.25) is 0 Å². The summed E-state index contributed by atoms with van der Waals surface area (Å²) < 4.78 is 1.87. The maximum Gasteiger partial charge on any atom is 0.265 e. The average Bonchev–Trinajstić information content (AvgIpc) is 3.25. The second kappa shape index (κ2) is 7.05. The van der Waals surface area contributed by atoms with Crippen molar-refractivity contribution in [1.29, 1.82) is 0 Å². The molecular formula is C20H16N4O2S. The van der Waals surface area contributed by atoms with Crippen molar-refractivity contribution in [2.24, 2.45) is 0 Å². The van der Waals surface area contributed by atoms with E-state index in [1.807, 2.05) is 48.0 Å². The van der Waals surface area contributed by atoms with Gasteiger partial charge in [-0.3, -0.25) is 9.59 Å². The van der Waals surface area contributed by atoms with E-state index in [0.29, 0.717) is 22.7 Å². The van der Waals surface area contributed by atoms with Gasteiger partial charge < -0.3 is 10.6 Å². The molecule has 2 aromatic carbocycles. The highest BCUT2D eigenvalue weighted by Gasteiger charge is 2.17. The Kier molecular flexibility index (Phi) is 4.43. The number of nitrogens with zero attached hydrogens (tertiary/aromatic N) is 2. The van der Waals surface area contributed by atoms with Gasteiger partial charge in [-0.05, 0) is 49.4 Å². The van der Waals surface area contributed by atoms with E-state index < -0.39 is 0 Å². The van der Waals surface area contributed by atoms with Crippen molar-refractivity contribution in [2.45, 2.75) is 6.92 Å². The van der Waals surface area contributed by atoms with Gasteiger partial charge >= 0.3 is 0 Å². The van der Waals surface area contributed by atoms with Crippen LogP contribution in [0.4, 0.5) is 11.4 Å². The maximum atomic E-state index is 12.6. The lowest BCUT2D eigenvalue weighted by Gasteiger charge is -2.05. The van der Waals surface area contributed by atoms with E-state index in [1.165, 1.54) is 11.3 Å². The number of rotatable bonds is 5. The molecule has 2 heterocycles. The van der Waals surface area contributed by atoms with E-state index in [4.69, 9.17) is 0 Å². The smallest absolute Gasteiger partial charge is 0.265 e. The maximum absolute atomic E-state index is 12.6. The minimum atomic E-state index is -0.175. The summed E-state index contributed by atoms with van der Waals surface area (Å²) >= 11 is 1.41. The minimum Gasteiger partial charge on any atom is -0.329 e. The molecule has 0 atom stereocenters. The van der Waals surface area contributed by atoms with Gasteiger partial charge in [-0.2, -0.15) is 5.10 Å². The Morgan fingerprint density at radius 1 is 1.07 bits per heavy atom. The van der Waals surface area contributed by atoms with Gasteiger partial charge in [0.1, 0.15) is 4.83 Å². The van der Waals surface area contributed by atoms with Gasteiger partial charge in [-0.25, -0.2) is 4.68 Å². The van der Waals surface area contributed by atoms with Crippen molar-refractivity contribution in [3.05, 3.63) is 71.2 Å². The molecule has 0 aliphatic rings. The number of aryl methyl sites for hydroxylation is 1. The summed E-state index contributed by atoms with van der Waals surface area (Å²) in [6.45, 7) is 1.94. The quantitative estimate of drug-likeness (QED) is 0.512. The SMILES string of the molecule is Cc1nn(-c2ccccc2)c2sc(C(=O)Nc3ccc(NC=O)cc3)cc12. The van der Waals surface area contributed by atoms with Crippen molar-refractivity contribution >= 4 is 45.2 Å². The summed E-state index contributed by atoms with van der Waals surface area (Å²) in [5.74, 6) is -0.175. The Labute approximate surface area is 159 Å². The molecule has 0 radical (unpaired) electrons. The van der Waals surface area contributed by atoms with Crippen molar-refractivity contribution in [3.8, 4) is 5.69 Å². The number of benzene rings is 2. The predicted molar refractivity (Wildman–Crippen MR) is 108 cm³/mol. The van der Waals surface area contributed by atoms with E-state index in [2.05, 4.69) is 15.7 Å². The Morgan fingerprint density at radius 2 is 1.78 bits per heavy atom. The molecule has 2 aromatic heterocycles. The van der Waals surface area contributed by atoms with Crippen LogP contribution in [0.25, 0.3) is 15.9 Å². The number of carbonyl (C=O) groups is 2. The molecule has 134 valence electrons. The Morgan fingerprint density at radius 3 is 2.48 bits per heavy atom. The normalized spacial score (nSPS) is 10.7. The minimum absolute atomic E-state index is 0.175. The van der Waals surface area contributed by atoms with Gasteiger partial charge in [0, 0.05) is 16.8 Å². The molecular weight excluding hydrogens is 360 g/mol. The van der Waals surface area contributed by atoms with Gasteiger partial charge in [0.05, 0.1) is 16.3 Å². The molecule has 2 amide bonds. The predicted octanol–water partition coefficient (Wildman–Crippen LogP) is 4.22. The first kappa shape index (κ1) is 17.0. The van der Waals surface area contributed by atoms with E-state index >= 15 is 0 Å². The van der Waals surface area contributed by atoms with Crippen LogP contribution < -0.4 is 10.6 Å². The molecule has 0 fully saturated rings. The average molecular weight is 376 g/mol. The van der Waals surface area contributed by atoms with Crippen LogP contribution in [0.3, 0.4) is 0 Å². The molecule has 0 aliphatic carbocycles. The summed E-state index contributed by atoms with van der Waals surface area (Å²) in [7, 11) is 0. The van der Waals surface area contributed by atoms with Crippen molar-refractivity contribution < 1.29 is 9.59 Å². The third-order valence-electron chi connectivity index (χ3n) is 4.14. The number of carbonyl (C=O) groups excluding carboxylic acids is 2. The van der Waals surface area contributed by atoms with Crippen LogP contribution in [-0.2, 0) is 4.79 Å². The van der Waals surface area contributed by atoms with Crippen LogP contribution in [0.15, 0.2) is 60.7 Å². The fraction of sp³-hybridized carbons (Fsp3) is 0.0500. The van der Waals surface area contributed by atoms with Gasteiger partial charge in [0.25, 0.3) is 5.91 Å². The number of thiophene rings is 1. The fourth-order valence-electron chi connectivity index (χ4n) is 2.81. The summed E-state index contributed by atoms with van der Waals surface area (Å²) in [4.78, 5) is 24.7. The number of hydrogen-bond acceptors (Lipinski definition) is 4. The summed E-state index contributed by atoms with van der Waals surface area (Å²) in [6, 6.07) is 18.7. The van der Waals surface area contributed by atoms with E-state index in [1.54, 1.807) is 24.3 Å². The third kappa shape index (κ3) is 3.32. The Balaban J connectivity index is 1.62. The summed E-state index contributed by atoms with van der Waals surface area (Å²) in [6.07, 6.45) is 0.614. The summed E-state index contributed by atoms with van der Waals surface area (Å²) in [5, 5.41) is 11.0. The van der Waals surface area contributed by atoms with Crippen molar-refractivity contribution in [2.75, 3.05) is 10.6 Å². The third-order valence-corrected chi connectivity index (χ3v) is 5.25. The monoisotopic (exact) mass is 376 g/mol. The molecule has 6 nitrogen and oxygen atoms in total. The lowest BCUT2D eigenvalue weighted by Crippen LogP contribution is -2.10. The number of nitrogens with one attached hydrogen (secondary N) is 2. The van der Waals surface area contributed by atoms with Crippen molar-refractivity contribution in [3.63, 3.8) is 0 Å². The van der Waals surface area contributed by atoms with E-state index in [-0.39, 0.29) is 5.91 Å². The van der Waals surface area contributed by atoms with Crippen LogP contribution in [-0.4, -0.2) is 22.1 Å².